The van der Waals surface area contributed by atoms with Crippen molar-refractivity contribution in [1.29, 1.82) is 0 Å². The second-order valence-corrected chi connectivity index (χ2v) is 5.76. The van der Waals surface area contributed by atoms with Crippen LogP contribution in [0.15, 0.2) is 42.7 Å². The SMILES string of the molecule is c1cc(NC2CCSCC2)cc(-n2cccn2)c1. The summed E-state index contributed by atoms with van der Waals surface area (Å²) in [7, 11) is 0. The van der Waals surface area contributed by atoms with Gasteiger partial charge in [-0.25, -0.2) is 4.68 Å². The third-order valence-electron chi connectivity index (χ3n) is 3.21. The van der Waals surface area contributed by atoms with E-state index in [1.54, 1.807) is 6.20 Å². The van der Waals surface area contributed by atoms with E-state index in [1.165, 1.54) is 30.0 Å². The summed E-state index contributed by atoms with van der Waals surface area (Å²) in [6, 6.07) is 11.0. The van der Waals surface area contributed by atoms with Gasteiger partial charge in [-0.1, -0.05) is 6.07 Å². The number of rotatable bonds is 3. The van der Waals surface area contributed by atoms with Crippen molar-refractivity contribution in [3.63, 3.8) is 0 Å². The van der Waals surface area contributed by atoms with Crippen LogP contribution in [0.2, 0.25) is 0 Å². The Balaban J connectivity index is 1.74. The van der Waals surface area contributed by atoms with E-state index in [0.717, 1.165) is 5.69 Å². The highest BCUT2D eigenvalue weighted by atomic mass is 32.2. The van der Waals surface area contributed by atoms with Crippen molar-refractivity contribution >= 4 is 17.4 Å². The highest BCUT2D eigenvalue weighted by molar-refractivity contribution is 7.99. The van der Waals surface area contributed by atoms with Gasteiger partial charge in [0.2, 0.25) is 0 Å². The van der Waals surface area contributed by atoms with Crippen LogP contribution < -0.4 is 5.32 Å². The summed E-state index contributed by atoms with van der Waals surface area (Å²) in [5, 5.41) is 7.89. The van der Waals surface area contributed by atoms with Gasteiger partial charge in [-0.15, -0.1) is 0 Å². The van der Waals surface area contributed by atoms with Gasteiger partial charge in [0.05, 0.1) is 5.69 Å². The molecule has 0 radical (unpaired) electrons. The Morgan fingerprint density at radius 2 is 2.11 bits per heavy atom. The summed E-state index contributed by atoms with van der Waals surface area (Å²) in [6.45, 7) is 0. The predicted molar refractivity (Wildman–Crippen MR) is 77.5 cm³/mol. The lowest BCUT2D eigenvalue weighted by Crippen LogP contribution is -2.24. The lowest BCUT2D eigenvalue weighted by molar-refractivity contribution is 0.667. The average Bonchev–Trinajstić information content (AvgIpc) is 2.94. The van der Waals surface area contributed by atoms with Gasteiger partial charge in [0, 0.05) is 24.1 Å². The Hall–Kier alpha value is -1.42. The van der Waals surface area contributed by atoms with Crippen LogP contribution in [0.25, 0.3) is 5.69 Å². The molecule has 1 N–H and O–H groups in total. The summed E-state index contributed by atoms with van der Waals surface area (Å²) in [6.07, 6.45) is 6.29. The summed E-state index contributed by atoms with van der Waals surface area (Å²) in [4.78, 5) is 0. The highest BCUT2D eigenvalue weighted by Crippen LogP contribution is 2.22. The third kappa shape index (κ3) is 2.70. The summed E-state index contributed by atoms with van der Waals surface area (Å²) in [5.74, 6) is 2.55. The molecule has 2 heterocycles. The molecule has 0 spiro atoms. The molecule has 1 aliphatic heterocycles. The van der Waals surface area contributed by atoms with E-state index < -0.39 is 0 Å². The number of nitrogens with zero attached hydrogens (tertiary/aromatic N) is 2. The topological polar surface area (TPSA) is 29.9 Å². The first-order valence-corrected chi connectivity index (χ1v) is 7.52. The first-order valence-electron chi connectivity index (χ1n) is 6.36. The van der Waals surface area contributed by atoms with Crippen LogP contribution in [0.5, 0.6) is 0 Å². The average molecular weight is 259 g/mol. The molecular weight excluding hydrogens is 242 g/mol. The Kier molecular flexibility index (Phi) is 3.55. The largest absolute Gasteiger partial charge is 0.382 e. The maximum absolute atomic E-state index is 4.26. The van der Waals surface area contributed by atoms with Gasteiger partial charge < -0.3 is 5.32 Å². The monoisotopic (exact) mass is 259 g/mol. The van der Waals surface area contributed by atoms with Crippen molar-refractivity contribution < 1.29 is 0 Å². The molecule has 0 amide bonds. The summed E-state index contributed by atoms with van der Waals surface area (Å²) >= 11 is 2.06. The van der Waals surface area contributed by atoms with Crippen molar-refractivity contribution in [2.45, 2.75) is 18.9 Å². The van der Waals surface area contributed by atoms with E-state index in [4.69, 9.17) is 0 Å². The maximum atomic E-state index is 4.26. The maximum Gasteiger partial charge on any atom is 0.0666 e. The molecule has 3 rings (SSSR count). The highest BCUT2D eigenvalue weighted by Gasteiger charge is 2.13. The Morgan fingerprint density at radius 3 is 2.89 bits per heavy atom. The lowest BCUT2D eigenvalue weighted by atomic mass is 10.1. The predicted octanol–water partition coefficient (Wildman–Crippen LogP) is 3.18. The number of hydrogen-bond donors (Lipinski definition) is 1. The van der Waals surface area contributed by atoms with E-state index in [-0.39, 0.29) is 0 Å². The molecule has 94 valence electrons. The number of thioether (sulfide) groups is 1. The molecule has 1 fully saturated rings. The molecule has 1 saturated heterocycles. The third-order valence-corrected chi connectivity index (χ3v) is 4.26. The van der Waals surface area contributed by atoms with Gasteiger partial charge in [0.1, 0.15) is 0 Å². The fourth-order valence-electron chi connectivity index (χ4n) is 2.24. The Morgan fingerprint density at radius 1 is 1.22 bits per heavy atom. The fourth-order valence-corrected chi connectivity index (χ4v) is 3.34. The quantitative estimate of drug-likeness (QED) is 0.918. The van der Waals surface area contributed by atoms with Crippen LogP contribution >= 0.6 is 11.8 Å². The molecule has 1 aromatic carbocycles. The van der Waals surface area contributed by atoms with E-state index in [2.05, 4.69) is 46.4 Å². The van der Waals surface area contributed by atoms with E-state index >= 15 is 0 Å². The molecule has 4 heteroatoms. The van der Waals surface area contributed by atoms with Gasteiger partial charge >= 0.3 is 0 Å². The Bertz CT molecular complexity index is 490. The minimum absolute atomic E-state index is 0.624. The first-order chi connectivity index (χ1) is 8.92. The van der Waals surface area contributed by atoms with Gasteiger partial charge in [-0.3, -0.25) is 0 Å². The van der Waals surface area contributed by atoms with Crippen LogP contribution in [0.1, 0.15) is 12.8 Å². The smallest absolute Gasteiger partial charge is 0.0666 e. The number of hydrogen-bond acceptors (Lipinski definition) is 3. The molecular formula is C14H17N3S. The van der Waals surface area contributed by atoms with Gasteiger partial charge in [-0.05, 0) is 48.6 Å². The van der Waals surface area contributed by atoms with Crippen LogP contribution in [0, 0.1) is 0 Å². The van der Waals surface area contributed by atoms with Gasteiger partial charge in [0.15, 0.2) is 0 Å². The molecule has 3 nitrogen and oxygen atoms in total. The first kappa shape index (κ1) is 11.7. The van der Waals surface area contributed by atoms with E-state index in [9.17, 15) is 0 Å². The number of nitrogens with one attached hydrogen (secondary N) is 1. The van der Waals surface area contributed by atoms with Crippen molar-refractivity contribution in [2.75, 3.05) is 16.8 Å². The fraction of sp³-hybridized carbons (Fsp3) is 0.357. The lowest BCUT2D eigenvalue weighted by Gasteiger charge is -2.23. The van der Waals surface area contributed by atoms with Crippen LogP contribution in [-0.2, 0) is 0 Å². The number of aromatic nitrogens is 2. The minimum Gasteiger partial charge on any atom is -0.382 e. The van der Waals surface area contributed by atoms with Crippen molar-refractivity contribution in [3.05, 3.63) is 42.7 Å². The van der Waals surface area contributed by atoms with Gasteiger partial charge in [-0.2, -0.15) is 16.9 Å². The van der Waals surface area contributed by atoms with Crippen molar-refractivity contribution in [2.24, 2.45) is 0 Å². The minimum atomic E-state index is 0.624. The number of benzene rings is 1. The molecule has 0 atom stereocenters. The molecule has 1 aliphatic rings. The van der Waals surface area contributed by atoms with E-state index in [1.807, 2.05) is 16.9 Å². The van der Waals surface area contributed by atoms with Crippen LogP contribution in [-0.4, -0.2) is 27.3 Å². The Labute approximate surface area is 112 Å². The molecule has 0 bridgehead atoms. The molecule has 0 aliphatic carbocycles. The summed E-state index contributed by atoms with van der Waals surface area (Å²) in [5.41, 5.74) is 2.30. The van der Waals surface area contributed by atoms with Crippen LogP contribution in [0.3, 0.4) is 0 Å². The van der Waals surface area contributed by atoms with Crippen molar-refractivity contribution in [3.8, 4) is 5.69 Å². The van der Waals surface area contributed by atoms with Gasteiger partial charge in [0.25, 0.3) is 0 Å². The molecule has 2 aromatic rings. The van der Waals surface area contributed by atoms with Crippen molar-refractivity contribution in [1.82, 2.24) is 9.78 Å². The zero-order chi connectivity index (χ0) is 12.2. The zero-order valence-electron chi connectivity index (χ0n) is 10.2. The van der Waals surface area contributed by atoms with Crippen LogP contribution in [0.4, 0.5) is 5.69 Å². The van der Waals surface area contributed by atoms with E-state index in [0.29, 0.717) is 6.04 Å². The second kappa shape index (κ2) is 5.48. The zero-order valence-corrected chi connectivity index (χ0v) is 11.1. The standard InChI is InChI=1S/C14H17N3S/c1-3-13(16-12-5-9-18-10-6-12)11-14(4-1)17-8-2-7-15-17/h1-4,7-8,11-12,16H,5-6,9-10H2. The molecule has 1 aromatic heterocycles. The summed E-state index contributed by atoms with van der Waals surface area (Å²) < 4.78 is 1.89. The normalized spacial score (nSPS) is 16.7. The molecule has 18 heavy (non-hydrogen) atoms. The molecule has 0 saturated carbocycles. The second-order valence-electron chi connectivity index (χ2n) is 4.53. The molecule has 0 unspecified atom stereocenters. The number of anilines is 1.